The van der Waals surface area contributed by atoms with E-state index in [9.17, 15) is 19.7 Å². The van der Waals surface area contributed by atoms with E-state index in [1.54, 1.807) is 23.1 Å². The van der Waals surface area contributed by atoms with Crippen LogP contribution in [0.3, 0.4) is 0 Å². The summed E-state index contributed by atoms with van der Waals surface area (Å²) < 4.78 is 0. The van der Waals surface area contributed by atoms with Gasteiger partial charge in [-0.1, -0.05) is 36.4 Å². The number of aliphatic imine (C=N–C) groups is 1. The van der Waals surface area contributed by atoms with Gasteiger partial charge in [-0.25, -0.2) is 4.99 Å². The van der Waals surface area contributed by atoms with Crippen LogP contribution >= 0.6 is 0 Å². The Kier molecular flexibility index (Phi) is 5.10. The Morgan fingerprint density at radius 2 is 1.68 bits per heavy atom. The van der Waals surface area contributed by atoms with Gasteiger partial charge in [0.15, 0.2) is 0 Å². The van der Waals surface area contributed by atoms with Crippen molar-refractivity contribution in [2.45, 2.75) is 6.54 Å². The van der Waals surface area contributed by atoms with E-state index in [1.807, 2.05) is 42.5 Å². The van der Waals surface area contributed by atoms with Crippen LogP contribution in [-0.2, 0) is 11.3 Å². The van der Waals surface area contributed by atoms with Crippen molar-refractivity contribution in [3.05, 3.63) is 112 Å². The number of fused-ring (bicyclic) bond motifs is 2. The van der Waals surface area contributed by atoms with Gasteiger partial charge in [0.1, 0.15) is 5.71 Å². The predicted octanol–water partition coefficient (Wildman–Crippen LogP) is 4.51. The van der Waals surface area contributed by atoms with Crippen molar-refractivity contribution in [3.63, 3.8) is 0 Å². The van der Waals surface area contributed by atoms with Crippen LogP contribution in [0.5, 0.6) is 0 Å². The number of hydrogen-bond donors (Lipinski definition) is 1. The molecule has 4 aromatic rings. The van der Waals surface area contributed by atoms with Gasteiger partial charge in [-0.15, -0.1) is 0 Å². The fourth-order valence-electron chi connectivity index (χ4n) is 4.03. The number of non-ortho nitro benzene ring substituents is 1. The molecule has 0 fully saturated rings. The van der Waals surface area contributed by atoms with E-state index in [4.69, 9.17) is 5.73 Å². The molecule has 4 aromatic carbocycles. The minimum atomic E-state index is -0.613. The Bertz CT molecular complexity index is 1510. The highest BCUT2D eigenvalue weighted by molar-refractivity contribution is 6.54. The smallest absolute Gasteiger partial charge is 0.277 e. The molecular formula is C26H18N4O4. The number of nitro benzene ring substituents is 1. The first-order valence-corrected chi connectivity index (χ1v) is 10.5. The molecule has 8 heteroatoms. The molecule has 0 radical (unpaired) electrons. The van der Waals surface area contributed by atoms with Crippen molar-refractivity contribution in [1.82, 2.24) is 0 Å². The van der Waals surface area contributed by atoms with Gasteiger partial charge < -0.3 is 10.6 Å². The molecule has 0 saturated carbocycles. The number of carbonyl (C=O) groups excluding carboxylic acids is 2. The molecule has 0 unspecified atom stereocenters. The summed E-state index contributed by atoms with van der Waals surface area (Å²) in [5.74, 6) is -0.943. The van der Waals surface area contributed by atoms with E-state index in [1.165, 1.54) is 24.3 Å². The Labute approximate surface area is 194 Å². The van der Waals surface area contributed by atoms with Crippen LogP contribution in [0.4, 0.5) is 17.1 Å². The molecule has 1 heterocycles. The molecule has 5 rings (SSSR count). The topological polar surface area (TPSA) is 119 Å². The minimum absolute atomic E-state index is 0.0731. The lowest BCUT2D eigenvalue weighted by Crippen LogP contribution is -2.29. The third kappa shape index (κ3) is 3.77. The Morgan fingerprint density at radius 3 is 2.38 bits per heavy atom. The van der Waals surface area contributed by atoms with Crippen LogP contribution in [0.15, 0.2) is 89.9 Å². The highest BCUT2D eigenvalue weighted by Crippen LogP contribution is 2.34. The lowest BCUT2D eigenvalue weighted by Gasteiger charge is -2.17. The van der Waals surface area contributed by atoms with Gasteiger partial charge in [-0.3, -0.25) is 19.7 Å². The molecule has 8 nitrogen and oxygen atoms in total. The van der Waals surface area contributed by atoms with E-state index in [2.05, 4.69) is 4.99 Å². The molecule has 2 N–H and O–H groups in total. The first-order valence-electron chi connectivity index (χ1n) is 10.5. The lowest BCUT2D eigenvalue weighted by atomic mass is 10.1. The van der Waals surface area contributed by atoms with Crippen LogP contribution in [0, 0.1) is 10.1 Å². The van der Waals surface area contributed by atoms with Gasteiger partial charge in [0, 0.05) is 23.3 Å². The normalized spacial score (nSPS) is 13.9. The SMILES string of the molecule is NC(=O)c1ccc2c(c1)/C(=N/c1ccc([N+](=O)[O-])cc1)C(=O)N2Cc1ccc2ccccc2c1. The molecule has 2 amide bonds. The summed E-state index contributed by atoms with van der Waals surface area (Å²) in [6.07, 6.45) is 0. The van der Waals surface area contributed by atoms with Crippen LogP contribution < -0.4 is 10.6 Å². The zero-order valence-electron chi connectivity index (χ0n) is 17.8. The second kappa shape index (κ2) is 8.25. The summed E-state index contributed by atoms with van der Waals surface area (Å²) in [5, 5.41) is 13.1. The van der Waals surface area contributed by atoms with Gasteiger partial charge in [0.05, 0.1) is 22.8 Å². The largest absolute Gasteiger partial charge is 0.366 e. The zero-order valence-corrected chi connectivity index (χ0v) is 17.8. The quantitative estimate of drug-likeness (QED) is 0.355. The number of amides is 2. The van der Waals surface area contributed by atoms with Gasteiger partial charge >= 0.3 is 0 Å². The second-order valence-electron chi connectivity index (χ2n) is 7.90. The van der Waals surface area contributed by atoms with Crippen molar-refractivity contribution >= 4 is 45.4 Å². The summed E-state index contributed by atoms with van der Waals surface area (Å²) >= 11 is 0. The number of nitrogens with zero attached hydrogens (tertiary/aromatic N) is 3. The second-order valence-corrected chi connectivity index (χ2v) is 7.90. The number of carbonyl (C=O) groups is 2. The summed E-state index contributed by atoms with van der Waals surface area (Å²) in [7, 11) is 0. The average Bonchev–Trinajstić information content (AvgIpc) is 3.09. The molecule has 0 bridgehead atoms. The molecule has 166 valence electrons. The molecule has 0 aromatic heterocycles. The number of rotatable bonds is 5. The Hall–Kier alpha value is -4.85. The number of hydrogen-bond acceptors (Lipinski definition) is 5. The van der Waals surface area contributed by atoms with Gasteiger partial charge in [-0.05, 0) is 52.7 Å². The number of nitro groups is 1. The summed E-state index contributed by atoms with van der Waals surface area (Å²) in [6.45, 7) is 0.311. The maximum atomic E-state index is 13.5. The average molecular weight is 450 g/mol. The maximum Gasteiger partial charge on any atom is 0.277 e. The van der Waals surface area contributed by atoms with Crippen molar-refractivity contribution in [3.8, 4) is 0 Å². The van der Waals surface area contributed by atoms with Crippen molar-refractivity contribution in [2.75, 3.05) is 4.90 Å². The number of anilines is 1. The molecular weight excluding hydrogens is 432 g/mol. The van der Waals surface area contributed by atoms with Crippen LogP contribution in [0.2, 0.25) is 0 Å². The monoisotopic (exact) mass is 450 g/mol. The molecule has 34 heavy (non-hydrogen) atoms. The van der Waals surface area contributed by atoms with Crippen molar-refractivity contribution in [2.24, 2.45) is 10.7 Å². The van der Waals surface area contributed by atoms with E-state index in [-0.39, 0.29) is 22.9 Å². The van der Waals surface area contributed by atoms with Gasteiger partial charge in [-0.2, -0.15) is 0 Å². The summed E-state index contributed by atoms with van der Waals surface area (Å²) in [4.78, 5) is 41.7. The summed E-state index contributed by atoms with van der Waals surface area (Å²) in [6, 6.07) is 24.4. The number of primary amides is 1. The zero-order chi connectivity index (χ0) is 23.8. The van der Waals surface area contributed by atoms with E-state index in [0.29, 0.717) is 23.5 Å². The third-order valence-corrected chi connectivity index (χ3v) is 5.73. The number of benzene rings is 4. The fraction of sp³-hybridized carbons (Fsp3) is 0.0385. The van der Waals surface area contributed by atoms with E-state index in [0.717, 1.165) is 16.3 Å². The Morgan fingerprint density at radius 1 is 0.941 bits per heavy atom. The molecule has 1 aliphatic rings. The van der Waals surface area contributed by atoms with Gasteiger partial charge in [0.25, 0.3) is 11.6 Å². The van der Waals surface area contributed by atoms with Gasteiger partial charge in [0.2, 0.25) is 5.91 Å². The lowest BCUT2D eigenvalue weighted by molar-refractivity contribution is -0.384. The number of nitrogens with two attached hydrogens (primary N) is 1. The molecule has 1 aliphatic heterocycles. The summed E-state index contributed by atoms with van der Waals surface area (Å²) in [5.41, 5.74) is 8.21. The molecule has 0 atom stereocenters. The standard InChI is InChI=1S/C26H18N4O4/c27-25(31)19-7-12-23-22(14-19)24(28-20-8-10-21(11-9-20)30(33)34)26(32)29(23)15-16-5-6-17-3-1-2-4-18(17)13-16/h1-14H,15H2,(H2,27,31)/b28-24-. The highest BCUT2D eigenvalue weighted by atomic mass is 16.6. The van der Waals surface area contributed by atoms with Crippen molar-refractivity contribution < 1.29 is 14.5 Å². The van der Waals surface area contributed by atoms with Crippen molar-refractivity contribution in [1.29, 1.82) is 0 Å². The molecule has 0 aliphatic carbocycles. The predicted molar refractivity (Wildman–Crippen MR) is 129 cm³/mol. The maximum absolute atomic E-state index is 13.5. The Balaban J connectivity index is 1.56. The van der Waals surface area contributed by atoms with Crippen LogP contribution in [-0.4, -0.2) is 22.4 Å². The van der Waals surface area contributed by atoms with E-state index >= 15 is 0 Å². The fourth-order valence-corrected chi connectivity index (χ4v) is 4.03. The highest BCUT2D eigenvalue weighted by Gasteiger charge is 2.34. The first kappa shape index (κ1) is 21.0. The molecule has 0 spiro atoms. The molecule has 0 saturated heterocycles. The van der Waals surface area contributed by atoms with E-state index < -0.39 is 10.8 Å². The van der Waals surface area contributed by atoms with Crippen LogP contribution in [0.25, 0.3) is 10.8 Å². The van der Waals surface area contributed by atoms with Crippen LogP contribution in [0.1, 0.15) is 21.5 Å². The minimum Gasteiger partial charge on any atom is -0.366 e. The third-order valence-electron chi connectivity index (χ3n) is 5.73. The first-order chi connectivity index (χ1) is 16.4.